The van der Waals surface area contributed by atoms with E-state index in [0.29, 0.717) is 12.3 Å². The van der Waals surface area contributed by atoms with Crippen LogP contribution in [0.2, 0.25) is 0 Å². The van der Waals surface area contributed by atoms with Crippen LogP contribution in [-0.4, -0.2) is 73.9 Å². The molecule has 3 aliphatic rings. The van der Waals surface area contributed by atoms with E-state index in [-0.39, 0.29) is 17.2 Å². The van der Waals surface area contributed by atoms with Gasteiger partial charge in [0.2, 0.25) is 11.8 Å². The molecule has 0 saturated carbocycles. The average Bonchev–Trinajstić information content (AvgIpc) is 2.96. The zero-order chi connectivity index (χ0) is 17.9. The maximum atomic E-state index is 11.7. The molecule has 0 aliphatic carbocycles. The summed E-state index contributed by atoms with van der Waals surface area (Å²) in [6.45, 7) is 6.96. The number of nitrogens with zero attached hydrogens (tertiary/aromatic N) is 3. The number of carbonyl (C=O) groups excluding carboxylic acids is 2. The van der Waals surface area contributed by atoms with Crippen LogP contribution in [0.25, 0.3) is 0 Å². The van der Waals surface area contributed by atoms with Gasteiger partial charge in [0.15, 0.2) is 5.96 Å². The van der Waals surface area contributed by atoms with Crippen molar-refractivity contribution in [1.29, 1.82) is 0 Å². The summed E-state index contributed by atoms with van der Waals surface area (Å²) in [5.74, 6) is 1.90. The summed E-state index contributed by atoms with van der Waals surface area (Å²) in [6, 6.07) is 0. The highest BCUT2D eigenvalue weighted by molar-refractivity contribution is 5.81. The first-order valence-corrected chi connectivity index (χ1v) is 9.49. The summed E-state index contributed by atoms with van der Waals surface area (Å²) >= 11 is 0. The number of hydrogen-bond donors (Lipinski definition) is 2. The molecule has 1 atom stereocenters. The molecule has 0 aromatic carbocycles. The lowest BCUT2D eigenvalue weighted by molar-refractivity contribution is -0.130. The van der Waals surface area contributed by atoms with E-state index >= 15 is 0 Å². The standard InChI is InChI=1S/C18H31N5O2/c1-14(24)22-8-4-15(5-9-22)11-20-17(19-2)23-7-3-6-18(13-23)10-16(25)21-12-18/h15H,3-13H2,1-2H3,(H,19,20)(H,21,25). The summed E-state index contributed by atoms with van der Waals surface area (Å²) in [7, 11) is 1.83. The molecule has 3 heterocycles. The number of guanidine groups is 1. The summed E-state index contributed by atoms with van der Waals surface area (Å²) in [5.41, 5.74) is 0.0831. The summed E-state index contributed by atoms with van der Waals surface area (Å²) in [4.78, 5) is 31.8. The van der Waals surface area contributed by atoms with Gasteiger partial charge < -0.3 is 20.4 Å². The highest BCUT2D eigenvalue weighted by Gasteiger charge is 2.42. The number of carbonyl (C=O) groups is 2. The Kier molecular flexibility index (Phi) is 5.49. The normalized spacial score (nSPS) is 28.4. The van der Waals surface area contributed by atoms with E-state index in [9.17, 15) is 9.59 Å². The molecule has 3 fully saturated rings. The molecule has 0 aromatic heterocycles. The second-order valence-corrected chi connectivity index (χ2v) is 7.86. The molecule has 2 N–H and O–H groups in total. The monoisotopic (exact) mass is 349 g/mol. The van der Waals surface area contributed by atoms with Gasteiger partial charge in [0, 0.05) is 65.1 Å². The number of rotatable bonds is 2. The van der Waals surface area contributed by atoms with Gasteiger partial charge >= 0.3 is 0 Å². The average molecular weight is 349 g/mol. The SMILES string of the molecule is CN=C(NCC1CCN(C(C)=O)CC1)N1CCCC2(CNC(=O)C2)C1. The lowest BCUT2D eigenvalue weighted by atomic mass is 9.79. The van der Waals surface area contributed by atoms with Crippen molar-refractivity contribution >= 4 is 17.8 Å². The molecule has 1 spiro atoms. The fourth-order valence-electron chi connectivity index (χ4n) is 4.45. The van der Waals surface area contributed by atoms with Crippen molar-refractivity contribution in [2.45, 2.75) is 39.0 Å². The molecular weight excluding hydrogens is 318 g/mol. The third-order valence-electron chi connectivity index (χ3n) is 5.98. The van der Waals surface area contributed by atoms with Crippen LogP contribution in [0, 0.1) is 11.3 Å². The zero-order valence-corrected chi connectivity index (χ0v) is 15.5. The second-order valence-electron chi connectivity index (χ2n) is 7.86. The maximum Gasteiger partial charge on any atom is 0.220 e. The Labute approximate surface area is 150 Å². The van der Waals surface area contributed by atoms with E-state index < -0.39 is 0 Å². The van der Waals surface area contributed by atoms with Gasteiger partial charge in [-0.15, -0.1) is 0 Å². The van der Waals surface area contributed by atoms with Crippen LogP contribution in [0.5, 0.6) is 0 Å². The molecule has 3 rings (SSSR count). The summed E-state index contributed by atoms with van der Waals surface area (Å²) in [5, 5.41) is 6.53. The molecule has 7 nitrogen and oxygen atoms in total. The van der Waals surface area contributed by atoms with E-state index in [1.165, 1.54) is 0 Å². The van der Waals surface area contributed by atoms with Crippen LogP contribution in [0.1, 0.15) is 39.0 Å². The quantitative estimate of drug-likeness (QED) is 0.560. The van der Waals surface area contributed by atoms with Gasteiger partial charge in [-0.05, 0) is 31.6 Å². The molecule has 3 aliphatic heterocycles. The highest BCUT2D eigenvalue weighted by Crippen LogP contribution is 2.36. The molecule has 0 bridgehead atoms. The number of amides is 2. The van der Waals surface area contributed by atoms with Crippen molar-refractivity contribution in [3.8, 4) is 0 Å². The topological polar surface area (TPSA) is 77.0 Å². The van der Waals surface area contributed by atoms with Crippen molar-refractivity contribution in [2.24, 2.45) is 16.3 Å². The van der Waals surface area contributed by atoms with E-state index in [2.05, 4.69) is 20.5 Å². The minimum atomic E-state index is 0.0831. The number of aliphatic imine (C=N–C) groups is 1. The van der Waals surface area contributed by atoms with Gasteiger partial charge in [-0.1, -0.05) is 0 Å². The van der Waals surface area contributed by atoms with Crippen molar-refractivity contribution in [2.75, 3.05) is 46.3 Å². The predicted molar refractivity (Wildman–Crippen MR) is 97.2 cm³/mol. The lowest BCUT2D eigenvalue weighted by Gasteiger charge is -2.41. The first-order valence-electron chi connectivity index (χ1n) is 9.49. The Bertz CT molecular complexity index is 542. The first kappa shape index (κ1) is 18.0. The smallest absolute Gasteiger partial charge is 0.220 e. The van der Waals surface area contributed by atoms with Gasteiger partial charge in [-0.25, -0.2) is 0 Å². The van der Waals surface area contributed by atoms with Crippen LogP contribution in [-0.2, 0) is 9.59 Å². The Morgan fingerprint density at radius 1 is 1.32 bits per heavy atom. The van der Waals surface area contributed by atoms with Crippen LogP contribution in [0.4, 0.5) is 0 Å². The van der Waals surface area contributed by atoms with E-state index in [4.69, 9.17) is 0 Å². The Hall–Kier alpha value is -1.79. The fraction of sp³-hybridized carbons (Fsp3) is 0.833. The summed E-state index contributed by atoms with van der Waals surface area (Å²) in [6.07, 6.45) is 4.96. The van der Waals surface area contributed by atoms with Crippen molar-refractivity contribution < 1.29 is 9.59 Å². The third kappa shape index (κ3) is 4.25. The predicted octanol–water partition coefficient (Wildman–Crippen LogP) is 0.422. The Morgan fingerprint density at radius 2 is 2.08 bits per heavy atom. The number of piperidine rings is 2. The van der Waals surface area contributed by atoms with Gasteiger partial charge in [-0.3, -0.25) is 14.6 Å². The van der Waals surface area contributed by atoms with Crippen molar-refractivity contribution in [3.63, 3.8) is 0 Å². The number of likely N-dealkylation sites (tertiary alicyclic amines) is 2. The van der Waals surface area contributed by atoms with E-state index in [0.717, 1.165) is 70.9 Å². The molecule has 0 radical (unpaired) electrons. The van der Waals surface area contributed by atoms with Gasteiger partial charge in [0.05, 0.1) is 0 Å². The largest absolute Gasteiger partial charge is 0.356 e. The zero-order valence-electron chi connectivity index (χ0n) is 15.5. The van der Waals surface area contributed by atoms with Crippen LogP contribution >= 0.6 is 0 Å². The molecule has 2 amide bonds. The lowest BCUT2D eigenvalue weighted by Crippen LogP contribution is -2.52. The van der Waals surface area contributed by atoms with Crippen molar-refractivity contribution in [1.82, 2.24) is 20.4 Å². The second kappa shape index (κ2) is 7.62. The highest BCUT2D eigenvalue weighted by atomic mass is 16.2. The third-order valence-corrected chi connectivity index (χ3v) is 5.98. The van der Waals surface area contributed by atoms with Crippen LogP contribution in [0.3, 0.4) is 0 Å². The Balaban J connectivity index is 1.50. The molecule has 140 valence electrons. The minimum absolute atomic E-state index is 0.0831. The van der Waals surface area contributed by atoms with E-state index in [1.807, 2.05) is 11.9 Å². The molecule has 25 heavy (non-hydrogen) atoms. The van der Waals surface area contributed by atoms with Gasteiger partial charge in [0.1, 0.15) is 0 Å². The number of hydrogen-bond acceptors (Lipinski definition) is 3. The van der Waals surface area contributed by atoms with Crippen molar-refractivity contribution in [3.05, 3.63) is 0 Å². The first-order chi connectivity index (χ1) is 12.0. The summed E-state index contributed by atoms with van der Waals surface area (Å²) < 4.78 is 0. The Morgan fingerprint density at radius 3 is 2.68 bits per heavy atom. The molecule has 7 heteroatoms. The molecular formula is C18H31N5O2. The van der Waals surface area contributed by atoms with Crippen LogP contribution < -0.4 is 10.6 Å². The van der Waals surface area contributed by atoms with Crippen LogP contribution in [0.15, 0.2) is 4.99 Å². The minimum Gasteiger partial charge on any atom is -0.356 e. The molecule has 1 unspecified atom stereocenters. The fourth-order valence-corrected chi connectivity index (χ4v) is 4.45. The molecule has 0 aromatic rings. The van der Waals surface area contributed by atoms with E-state index in [1.54, 1.807) is 6.92 Å². The molecule has 3 saturated heterocycles. The van der Waals surface area contributed by atoms with Gasteiger partial charge in [0.25, 0.3) is 0 Å². The maximum absolute atomic E-state index is 11.7. The number of nitrogens with one attached hydrogen (secondary N) is 2. The van der Waals surface area contributed by atoms with Gasteiger partial charge in [-0.2, -0.15) is 0 Å².